The number of nitrogens with zero attached hydrogens (tertiary/aromatic N) is 1. The first-order valence-electron chi connectivity index (χ1n) is 6.19. The summed E-state index contributed by atoms with van der Waals surface area (Å²) in [5, 5.41) is 4.29. The van der Waals surface area contributed by atoms with E-state index in [2.05, 4.69) is 15.3 Å². The van der Waals surface area contributed by atoms with E-state index < -0.39 is 0 Å². The smallest absolute Gasteiger partial charge is 0.268 e. The number of H-pyrrole nitrogens is 1. The molecule has 20 heavy (non-hydrogen) atoms. The molecule has 100 valence electrons. The molecule has 5 heteroatoms. The van der Waals surface area contributed by atoms with Crippen molar-refractivity contribution < 1.29 is 4.79 Å². The van der Waals surface area contributed by atoms with E-state index in [9.17, 15) is 4.79 Å². The molecule has 0 radical (unpaired) electrons. The third-order valence-corrected chi connectivity index (χ3v) is 3.34. The third-order valence-electron chi connectivity index (χ3n) is 3.01. The Bertz CT molecular complexity index is 752. The summed E-state index contributed by atoms with van der Waals surface area (Å²) in [5.74, 6) is -0.178. The molecule has 0 atom stereocenters. The fourth-order valence-corrected chi connectivity index (χ4v) is 2.24. The molecular formula is C15H12ClN3O. The third kappa shape index (κ3) is 2.51. The number of halogens is 1. The highest BCUT2D eigenvalue weighted by Crippen LogP contribution is 2.23. The van der Waals surface area contributed by atoms with Crippen molar-refractivity contribution in [2.45, 2.75) is 6.54 Å². The van der Waals surface area contributed by atoms with E-state index in [0.717, 1.165) is 16.6 Å². The summed E-state index contributed by atoms with van der Waals surface area (Å²) in [5.41, 5.74) is 2.15. The van der Waals surface area contributed by atoms with Gasteiger partial charge < -0.3 is 10.3 Å². The molecule has 0 saturated carbocycles. The first-order valence-corrected chi connectivity index (χ1v) is 6.57. The number of aromatic amines is 1. The van der Waals surface area contributed by atoms with E-state index >= 15 is 0 Å². The van der Waals surface area contributed by atoms with Gasteiger partial charge in [0.15, 0.2) is 0 Å². The van der Waals surface area contributed by atoms with Crippen LogP contribution in [-0.4, -0.2) is 15.9 Å². The second-order valence-corrected chi connectivity index (χ2v) is 4.80. The number of fused-ring (bicyclic) bond motifs is 1. The van der Waals surface area contributed by atoms with Crippen molar-refractivity contribution >= 4 is 28.4 Å². The Morgan fingerprint density at radius 1 is 1.25 bits per heavy atom. The van der Waals surface area contributed by atoms with Gasteiger partial charge in [0.05, 0.1) is 12.2 Å². The Hall–Kier alpha value is -2.33. The number of nitrogens with one attached hydrogen (secondary N) is 2. The van der Waals surface area contributed by atoms with E-state index in [4.69, 9.17) is 11.6 Å². The van der Waals surface area contributed by atoms with Gasteiger partial charge >= 0.3 is 0 Å². The summed E-state index contributed by atoms with van der Waals surface area (Å²) < 4.78 is 0. The minimum atomic E-state index is -0.178. The van der Waals surface area contributed by atoms with Crippen molar-refractivity contribution in [1.29, 1.82) is 0 Å². The fourth-order valence-electron chi connectivity index (χ4n) is 2.01. The molecule has 3 aromatic rings. The van der Waals surface area contributed by atoms with Gasteiger partial charge in [-0.25, -0.2) is 0 Å². The molecule has 0 aliphatic rings. The van der Waals surface area contributed by atoms with Gasteiger partial charge in [-0.3, -0.25) is 9.78 Å². The molecule has 4 nitrogen and oxygen atoms in total. The first-order chi connectivity index (χ1) is 9.74. The predicted octanol–water partition coefficient (Wildman–Crippen LogP) is 3.15. The Labute approximate surface area is 120 Å². The zero-order valence-electron chi connectivity index (χ0n) is 10.6. The molecule has 2 aromatic heterocycles. The number of benzene rings is 1. The number of carbonyl (C=O) groups is 1. The second-order valence-electron chi connectivity index (χ2n) is 4.39. The standard InChI is InChI=1S/C15H12ClN3O/c16-12-5-3-6-13-11(12)8-14(19-13)15(20)18-9-10-4-1-2-7-17-10/h1-8,19H,9H2,(H,18,20). The molecule has 0 aliphatic carbocycles. The molecule has 0 fully saturated rings. The van der Waals surface area contributed by atoms with Gasteiger partial charge in [0.25, 0.3) is 5.91 Å². The Morgan fingerprint density at radius 2 is 2.15 bits per heavy atom. The number of carbonyl (C=O) groups excluding carboxylic acids is 1. The largest absolute Gasteiger partial charge is 0.350 e. The maximum absolute atomic E-state index is 12.1. The van der Waals surface area contributed by atoms with Crippen LogP contribution in [0.15, 0.2) is 48.7 Å². The van der Waals surface area contributed by atoms with Crippen LogP contribution < -0.4 is 5.32 Å². The number of hydrogen-bond acceptors (Lipinski definition) is 2. The molecule has 1 amide bonds. The van der Waals surface area contributed by atoms with Crippen molar-refractivity contribution in [3.05, 3.63) is 65.1 Å². The molecule has 0 aliphatic heterocycles. The zero-order chi connectivity index (χ0) is 13.9. The van der Waals surface area contributed by atoms with E-state index in [-0.39, 0.29) is 5.91 Å². The summed E-state index contributed by atoms with van der Waals surface area (Å²) in [6.45, 7) is 0.392. The lowest BCUT2D eigenvalue weighted by Gasteiger charge is -2.02. The number of aromatic nitrogens is 2. The molecule has 0 bridgehead atoms. The van der Waals surface area contributed by atoms with Crippen LogP contribution in [0.1, 0.15) is 16.2 Å². The van der Waals surface area contributed by atoms with Crippen LogP contribution in [0.25, 0.3) is 10.9 Å². The summed E-state index contributed by atoms with van der Waals surface area (Å²) in [6, 6.07) is 12.9. The number of hydrogen-bond donors (Lipinski definition) is 2. The molecule has 0 spiro atoms. The van der Waals surface area contributed by atoms with E-state index in [1.165, 1.54) is 0 Å². The minimum Gasteiger partial charge on any atom is -0.350 e. The minimum absolute atomic E-state index is 0.178. The molecule has 1 aromatic carbocycles. The monoisotopic (exact) mass is 285 g/mol. The summed E-state index contributed by atoms with van der Waals surface area (Å²) >= 11 is 6.09. The molecule has 2 heterocycles. The summed E-state index contributed by atoms with van der Waals surface area (Å²) in [7, 11) is 0. The van der Waals surface area contributed by atoms with Crippen LogP contribution in [0, 0.1) is 0 Å². The van der Waals surface area contributed by atoms with Gasteiger partial charge in [0, 0.05) is 22.1 Å². The predicted molar refractivity (Wildman–Crippen MR) is 78.7 cm³/mol. The lowest BCUT2D eigenvalue weighted by molar-refractivity contribution is 0.0946. The van der Waals surface area contributed by atoms with Gasteiger partial charge in [-0.15, -0.1) is 0 Å². The summed E-state index contributed by atoms with van der Waals surface area (Å²) in [4.78, 5) is 19.3. The second kappa shape index (κ2) is 5.35. The highest BCUT2D eigenvalue weighted by atomic mass is 35.5. The normalized spacial score (nSPS) is 10.7. The fraction of sp³-hybridized carbons (Fsp3) is 0.0667. The van der Waals surface area contributed by atoms with Crippen LogP contribution in [0.5, 0.6) is 0 Å². The van der Waals surface area contributed by atoms with Crippen molar-refractivity contribution in [3.8, 4) is 0 Å². The van der Waals surface area contributed by atoms with Gasteiger partial charge in [0.1, 0.15) is 5.69 Å². The SMILES string of the molecule is O=C(NCc1ccccn1)c1cc2c(Cl)cccc2[nH]1. The average Bonchev–Trinajstić information content (AvgIpc) is 2.91. The number of rotatable bonds is 3. The van der Waals surface area contributed by atoms with Crippen LogP contribution >= 0.6 is 11.6 Å². The molecule has 2 N–H and O–H groups in total. The highest BCUT2D eigenvalue weighted by molar-refractivity contribution is 6.35. The van der Waals surface area contributed by atoms with Crippen LogP contribution in [0.4, 0.5) is 0 Å². The van der Waals surface area contributed by atoms with Gasteiger partial charge in [-0.2, -0.15) is 0 Å². The van der Waals surface area contributed by atoms with E-state index in [1.807, 2.05) is 30.3 Å². The van der Waals surface area contributed by atoms with Gasteiger partial charge in [-0.05, 0) is 30.3 Å². The van der Waals surface area contributed by atoms with Crippen molar-refractivity contribution in [2.75, 3.05) is 0 Å². The van der Waals surface area contributed by atoms with Crippen molar-refractivity contribution in [2.24, 2.45) is 0 Å². The Morgan fingerprint density at radius 3 is 2.90 bits per heavy atom. The molecule has 3 rings (SSSR count). The van der Waals surface area contributed by atoms with Gasteiger partial charge in [0.2, 0.25) is 0 Å². The molecular weight excluding hydrogens is 274 g/mol. The molecule has 0 saturated heterocycles. The van der Waals surface area contributed by atoms with Crippen LogP contribution in [-0.2, 0) is 6.54 Å². The van der Waals surface area contributed by atoms with Crippen molar-refractivity contribution in [1.82, 2.24) is 15.3 Å². The number of amides is 1. The highest BCUT2D eigenvalue weighted by Gasteiger charge is 2.10. The maximum Gasteiger partial charge on any atom is 0.268 e. The summed E-state index contributed by atoms with van der Waals surface area (Å²) in [6.07, 6.45) is 1.70. The van der Waals surface area contributed by atoms with E-state index in [0.29, 0.717) is 17.3 Å². The Kier molecular flexibility index (Phi) is 3.39. The zero-order valence-corrected chi connectivity index (χ0v) is 11.3. The van der Waals surface area contributed by atoms with Crippen LogP contribution in [0.2, 0.25) is 5.02 Å². The maximum atomic E-state index is 12.1. The van der Waals surface area contributed by atoms with Gasteiger partial charge in [-0.1, -0.05) is 23.7 Å². The van der Waals surface area contributed by atoms with E-state index in [1.54, 1.807) is 18.3 Å². The van der Waals surface area contributed by atoms with Crippen LogP contribution in [0.3, 0.4) is 0 Å². The first kappa shape index (κ1) is 12.7. The average molecular weight is 286 g/mol. The lowest BCUT2D eigenvalue weighted by atomic mass is 10.2. The number of pyridine rings is 1. The lowest BCUT2D eigenvalue weighted by Crippen LogP contribution is -2.23. The topological polar surface area (TPSA) is 57.8 Å². The molecule has 0 unspecified atom stereocenters. The Balaban J connectivity index is 1.77. The quantitative estimate of drug-likeness (QED) is 0.777. The van der Waals surface area contributed by atoms with Crippen molar-refractivity contribution in [3.63, 3.8) is 0 Å².